The highest BCUT2D eigenvalue weighted by atomic mass is 127. The summed E-state index contributed by atoms with van der Waals surface area (Å²) in [7, 11) is 3.46. The third kappa shape index (κ3) is 9.22. The molecule has 1 unspecified atom stereocenters. The third-order valence-corrected chi connectivity index (χ3v) is 5.40. The summed E-state index contributed by atoms with van der Waals surface area (Å²) >= 11 is 0. The lowest BCUT2D eigenvalue weighted by molar-refractivity contribution is -0.128. The molecule has 3 N–H and O–H groups in total. The molecule has 176 valence electrons. The number of amides is 1. The molecular weight excluding hydrogens is 505 g/mol. The molecule has 0 saturated carbocycles. The molecule has 1 saturated heterocycles. The van der Waals surface area contributed by atoms with Crippen LogP contribution < -0.4 is 20.7 Å². The number of hydrogen-bond donors (Lipinski definition) is 3. The fraction of sp³-hybridized carbons (Fsp3) is 0.652. The molecule has 0 radical (unpaired) electrons. The first-order chi connectivity index (χ1) is 14.3. The van der Waals surface area contributed by atoms with E-state index in [0.29, 0.717) is 13.1 Å². The van der Waals surface area contributed by atoms with Gasteiger partial charge >= 0.3 is 0 Å². The van der Waals surface area contributed by atoms with Gasteiger partial charge in [0.25, 0.3) is 0 Å². The summed E-state index contributed by atoms with van der Waals surface area (Å²) in [6.07, 6.45) is 3.79. The highest BCUT2D eigenvalue weighted by molar-refractivity contribution is 14.0. The Morgan fingerprint density at radius 2 is 1.68 bits per heavy atom. The van der Waals surface area contributed by atoms with Gasteiger partial charge in [0.2, 0.25) is 5.91 Å². The number of piperidine rings is 1. The lowest BCUT2D eigenvalue weighted by Gasteiger charge is -2.35. The Balaban J connectivity index is 0.00000480. The Hall–Kier alpha value is -1.55. The van der Waals surface area contributed by atoms with Crippen molar-refractivity contribution >= 4 is 35.8 Å². The van der Waals surface area contributed by atoms with Crippen molar-refractivity contribution in [3.8, 4) is 5.75 Å². The Morgan fingerprint density at radius 3 is 2.23 bits per heavy atom. The number of nitrogens with one attached hydrogen (secondary N) is 3. The van der Waals surface area contributed by atoms with Crippen LogP contribution in [-0.2, 0) is 4.79 Å². The molecule has 1 atom stereocenters. The van der Waals surface area contributed by atoms with Crippen molar-refractivity contribution in [2.45, 2.75) is 46.1 Å². The minimum atomic E-state index is -0.375. The van der Waals surface area contributed by atoms with Crippen LogP contribution in [0.3, 0.4) is 0 Å². The molecule has 0 spiro atoms. The van der Waals surface area contributed by atoms with Gasteiger partial charge in [0, 0.05) is 32.1 Å². The van der Waals surface area contributed by atoms with E-state index in [-0.39, 0.29) is 41.3 Å². The Kier molecular flexibility index (Phi) is 12.2. The average Bonchev–Trinajstić information content (AvgIpc) is 2.75. The molecule has 2 rings (SSSR count). The lowest BCUT2D eigenvalue weighted by atomic mass is 9.96. The summed E-state index contributed by atoms with van der Waals surface area (Å²) in [5.74, 6) is 1.67. The highest BCUT2D eigenvalue weighted by Crippen LogP contribution is 2.25. The molecule has 8 heteroatoms. The van der Waals surface area contributed by atoms with Crippen LogP contribution in [0.25, 0.3) is 0 Å². The number of benzene rings is 1. The van der Waals surface area contributed by atoms with Crippen molar-refractivity contribution < 1.29 is 9.53 Å². The zero-order valence-electron chi connectivity index (χ0n) is 19.7. The first kappa shape index (κ1) is 27.5. The molecule has 31 heavy (non-hydrogen) atoms. The first-order valence-electron chi connectivity index (χ1n) is 11.0. The van der Waals surface area contributed by atoms with Gasteiger partial charge < -0.3 is 20.7 Å². The number of carbonyl (C=O) groups is 1. The first-order valence-corrected chi connectivity index (χ1v) is 11.0. The molecule has 7 nitrogen and oxygen atoms in total. The highest BCUT2D eigenvalue weighted by Gasteiger charge is 2.23. The fourth-order valence-electron chi connectivity index (χ4n) is 3.55. The molecular formula is C23H40IN5O2. The predicted molar refractivity (Wildman–Crippen MR) is 138 cm³/mol. The maximum Gasteiger partial charge on any atom is 0.225 e. The number of aliphatic imine (C=N–C) groups is 1. The van der Waals surface area contributed by atoms with Crippen molar-refractivity contribution in [2.24, 2.45) is 10.4 Å². The van der Waals surface area contributed by atoms with Gasteiger partial charge in [-0.2, -0.15) is 0 Å². The SMILES string of the molecule is CN=C(NCCNC(=O)C(C)(C)C)NCC(c1ccc(OC)cc1)N1CCCCC1.I. The van der Waals surface area contributed by atoms with E-state index < -0.39 is 0 Å². The van der Waals surface area contributed by atoms with Crippen LogP contribution in [-0.4, -0.2) is 63.6 Å². The van der Waals surface area contributed by atoms with Crippen molar-refractivity contribution in [1.29, 1.82) is 0 Å². The summed E-state index contributed by atoms with van der Waals surface area (Å²) in [5.41, 5.74) is 0.901. The van der Waals surface area contributed by atoms with Gasteiger partial charge in [0.15, 0.2) is 5.96 Å². The van der Waals surface area contributed by atoms with E-state index in [1.54, 1.807) is 14.2 Å². The zero-order chi connectivity index (χ0) is 22.0. The summed E-state index contributed by atoms with van der Waals surface area (Å²) in [6.45, 7) is 9.92. The number of methoxy groups -OCH3 is 1. The molecule has 1 heterocycles. The number of hydrogen-bond acceptors (Lipinski definition) is 4. The number of halogens is 1. The molecule has 0 aliphatic carbocycles. The van der Waals surface area contributed by atoms with Gasteiger partial charge in [-0.3, -0.25) is 14.7 Å². The largest absolute Gasteiger partial charge is 0.497 e. The van der Waals surface area contributed by atoms with Crippen molar-refractivity contribution in [3.05, 3.63) is 29.8 Å². The number of ether oxygens (including phenoxy) is 1. The summed E-state index contributed by atoms with van der Waals surface area (Å²) in [4.78, 5) is 18.9. The van der Waals surface area contributed by atoms with Gasteiger partial charge in [0.1, 0.15) is 5.75 Å². The van der Waals surface area contributed by atoms with Crippen LogP contribution in [0.15, 0.2) is 29.3 Å². The van der Waals surface area contributed by atoms with E-state index in [0.717, 1.165) is 31.3 Å². The number of guanidine groups is 1. The minimum absolute atomic E-state index is 0. The fourth-order valence-corrected chi connectivity index (χ4v) is 3.55. The van der Waals surface area contributed by atoms with Crippen LogP contribution in [0.2, 0.25) is 0 Å². The van der Waals surface area contributed by atoms with E-state index in [1.165, 1.54) is 24.8 Å². The molecule has 1 aromatic carbocycles. The van der Waals surface area contributed by atoms with Crippen LogP contribution in [0.4, 0.5) is 0 Å². The van der Waals surface area contributed by atoms with E-state index >= 15 is 0 Å². The standard InChI is InChI=1S/C23H39N5O2.HI/c1-23(2,3)21(29)25-13-14-26-22(24-4)27-17-20(28-15-7-6-8-16-28)18-9-11-19(30-5)12-10-18;/h9-12,20H,6-8,13-17H2,1-5H3,(H,25,29)(H2,24,26,27);1H. The van der Waals surface area contributed by atoms with E-state index in [9.17, 15) is 4.79 Å². The van der Waals surface area contributed by atoms with Gasteiger partial charge in [0.05, 0.1) is 13.2 Å². The maximum atomic E-state index is 12.0. The number of rotatable bonds is 8. The smallest absolute Gasteiger partial charge is 0.225 e. The monoisotopic (exact) mass is 545 g/mol. The Bertz CT molecular complexity index is 682. The van der Waals surface area contributed by atoms with Gasteiger partial charge in [-0.25, -0.2) is 0 Å². The van der Waals surface area contributed by atoms with Crippen LogP contribution in [0.1, 0.15) is 51.6 Å². The number of nitrogens with zero attached hydrogens (tertiary/aromatic N) is 2. The normalized spacial score (nSPS) is 16.1. The van der Waals surface area contributed by atoms with Crippen LogP contribution in [0.5, 0.6) is 5.75 Å². The Morgan fingerprint density at radius 1 is 1.06 bits per heavy atom. The van der Waals surface area contributed by atoms with Crippen LogP contribution >= 0.6 is 24.0 Å². The van der Waals surface area contributed by atoms with Crippen LogP contribution in [0, 0.1) is 5.41 Å². The zero-order valence-corrected chi connectivity index (χ0v) is 22.0. The molecule has 1 aromatic rings. The molecule has 1 fully saturated rings. The molecule has 1 amide bonds. The van der Waals surface area contributed by atoms with Crippen molar-refractivity contribution in [1.82, 2.24) is 20.9 Å². The van der Waals surface area contributed by atoms with E-state index in [2.05, 4.69) is 38.0 Å². The second-order valence-electron chi connectivity index (χ2n) is 8.77. The average molecular weight is 546 g/mol. The minimum Gasteiger partial charge on any atom is -0.497 e. The maximum absolute atomic E-state index is 12.0. The number of carbonyl (C=O) groups excluding carboxylic acids is 1. The predicted octanol–water partition coefficient (Wildman–Crippen LogP) is 3.17. The van der Waals surface area contributed by atoms with E-state index in [4.69, 9.17) is 4.74 Å². The van der Waals surface area contributed by atoms with Crippen molar-refractivity contribution in [2.75, 3.05) is 46.9 Å². The summed E-state index contributed by atoms with van der Waals surface area (Å²) in [6, 6.07) is 8.63. The molecule has 1 aliphatic rings. The quantitative estimate of drug-likeness (QED) is 0.203. The topological polar surface area (TPSA) is 78.0 Å². The van der Waals surface area contributed by atoms with Crippen molar-refractivity contribution in [3.63, 3.8) is 0 Å². The molecule has 1 aliphatic heterocycles. The van der Waals surface area contributed by atoms with Gasteiger partial charge in [-0.05, 0) is 43.6 Å². The third-order valence-electron chi connectivity index (χ3n) is 5.40. The number of likely N-dealkylation sites (tertiary alicyclic amines) is 1. The second kappa shape index (κ2) is 13.8. The summed E-state index contributed by atoms with van der Waals surface area (Å²) in [5, 5.41) is 9.71. The molecule has 0 aromatic heterocycles. The molecule has 0 bridgehead atoms. The lowest BCUT2D eigenvalue weighted by Crippen LogP contribution is -2.46. The second-order valence-corrected chi connectivity index (χ2v) is 8.77. The van der Waals surface area contributed by atoms with Gasteiger partial charge in [-0.15, -0.1) is 24.0 Å². The van der Waals surface area contributed by atoms with E-state index in [1.807, 2.05) is 32.9 Å². The summed E-state index contributed by atoms with van der Waals surface area (Å²) < 4.78 is 5.31. The Labute approximate surface area is 204 Å². The van der Waals surface area contributed by atoms with Gasteiger partial charge in [-0.1, -0.05) is 39.3 Å².